The van der Waals surface area contributed by atoms with Crippen molar-refractivity contribution >= 4 is 0 Å². The van der Waals surface area contributed by atoms with E-state index < -0.39 is 5.60 Å². The highest BCUT2D eigenvalue weighted by Gasteiger charge is 2.59. The molecule has 8 atom stereocenters. The van der Waals surface area contributed by atoms with Gasteiger partial charge in [0.2, 0.25) is 0 Å². The summed E-state index contributed by atoms with van der Waals surface area (Å²) in [5.74, 6) is 3.62. The number of rotatable bonds is 3. The van der Waals surface area contributed by atoms with Crippen LogP contribution >= 0.6 is 0 Å². The Morgan fingerprint density at radius 3 is 2.58 bits per heavy atom. The zero-order chi connectivity index (χ0) is 18.7. The molecule has 0 heterocycles. The van der Waals surface area contributed by atoms with E-state index in [2.05, 4.69) is 33.8 Å². The summed E-state index contributed by atoms with van der Waals surface area (Å²) in [5.41, 5.74) is 1.89. The average molecular weight is 361 g/mol. The summed E-state index contributed by atoms with van der Waals surface area (Å²) in [7, 11) is 0. The molecule has 4 aliphatic carbocycles. The van der Waals surface area contributed by atoms with Gasteiger partial charge in [0.15, 0.2) is 0 Å². The molecule has 26 heavy (non-hydrogen) atoms. The highest BCUT2D eigenvalue weighted by Crippen LogP contribution is 2.67. The minimum atomic E-state index is -0.448. The first-order valence-corrected chi connectivity index (χ1v) is 11.3. The van der Waals surface area contributed by atoms with Gasteiger partial charge in [-0.05, 0) is 98.2 Å². The predicted octanol–water partition coefficient (Wildman–Crippen LogP) is 5.33. The molecule has 3 saturated carbocycles. The van der Waals surface area contributed by atoms with Crippen LogP contribution in [0.2, 0.25) is 0 Å². The fraction of sp³-hybridized carbons (Fsp3) is 0.917. The molecule has 0 saturated heterocycles. The Morgan fingerprint density at radius 1 is 1.12 bits per heavy atom. The molecule has 2 N–H and O–H groups in total. The third-order valence-electron chi connectivity index (χ3n) is 9.96. The lowest BCUT2D eigenvalue weighted by Crippen LogP contribution is -2.52. The molecule has 4 aliphatic rings. The molecule has 0 spiro atoms. The smallest absolute Gasteiger partial charge is 0.0682 e. The van der Waals surface area contributed by atoms with Gasteiger partial charge in [0.05, 0.1) is 5.60 Å². The Balaban J connectivity index is 1.62. The molecular weight excluding hydrogens is 320 g/mol. The lowest BCUT2D eigenvalue weighted by Gasteiger charge is -2.59. The van der Waals surface area contributed by atoms with E-state index in [-0.39, 0.29) is 0 Å². The number of aliphatic hydroxyl groups is 2. The Labute approximate surface area is 160 Å². The molecule has 0 aromatic heterocycles. The molecule has 0 amide bonds. The van der Waals surface area contributed by atoms with Gasteiger partial charge in [-0.25, -0.2) is 0 Å². The van der Waals surface area contributed by atoms with Crippen LogP contribution in [-0.2, 0) is 0 Å². The summed E-state index contributed by atoms with van der Waals surface area (Å²) < 4.78 is 0. The fourth-order valence-corrected chi connectivity index (χ4v) is 8.12. The van der Waals surface area contributed by atoms with Gasteiger partial charge in [-0.2, -0.15) is 0 Å². The van der Waals surface area contributed by atoms with Crippen LogP contribution in [0.1, 0.15) is 85.5 Å². The fourth-order valence-electron chi connectivity index (χ4n) is 8.12. The van der Waals surface area contributed by atoms with Gasteiger partial charge in [-0.1, -0.05) is 39.3 Å². The second-order valence-corrected chi connectivity index (χ2v) is 10.9. The van der Waals surface area contributed by atoms with E-state index in [4.69, 9.17) is 0 Å². The van der Waals surface area contributed by atoms with Gasteiger partial charge in [-0.15, -0.1) is 0 Å². The highest BCUT2D eigenvalue weighted by atomic mass is 16.3. The van der Waals surface area contributed by atoms with Crippen LogP contribution in [0.5, 0.6) is 0 Å². The van der Waals surface area contributed by atoms with Crippen LogP contribution in [0.4, 0.5) is 0 Å². The standard InChI is InChI=1S/C24H40O2/c1-5-24(26)13-12-22(3)17(14-24)6-7-18-20-9-8-19(16(2)15-25)23(20,4)11-10-21(18)22/h6,16,18-21,25-26H,5,7-15H2,1-4H3/t16-,18+,19?,20+,21+,22+,23-,24+/m1/s1. The molecule has 3 fully saturated rings. The first-order chi connectivity index (χ1) is 12.3. The first kappa shape index (κ1) is 19.0. The molecule has 0 aliphatic heterocycles. The predicted molar refractivity (Wildman–Crippen MR) is 107 cm³/mol. The van der Waals surface area contributed by atoms with E-state index in [0.29, 0.717) is 29.3 Å². The van der Waals surface area contributed by atoms with Gasteiger partial charge in [0, 0.05) is 6.61 Å². The molecule has 2 heteroatoms. The van der Waals surface area contributed by atoms with Crippen molar-refractivity contribution in [2.24, 2.45) is 40.4 Å². The van der Waals surface area contributed by atoms with Crippen molar-refractivity contribution in [3.8, 4) is 0 Å². The van der Waals surface area contributed by atoms with E-state index in [0.717, 1.165) is 37.0 Å². The second kappa shape index (κ2) is 6.34. The van der Waals surface area contributed by atoms with E-state index in [1.165, 1.54) is 38.5 Å². The lowest BCUT2D eigenvalue weighted by molar-refractivity contribution is -0.0769. The van der Waals surface area contributed by atoms with Crippen molar-refractivity contribution in [1.82, 2.24) is 0 Å². The van der Waals surface area contributed by atoms with E-state index in [9.17, 15) is 10.2 Å². The Kier molecular flexibility index (Phi) is 4.63. The maximum atomic E-state index is 10.9. The summed E-state index contributed by atoms with van der Waals surface area (Å²) in [6.45, 7) is 9.82. The monoisotopic (exact) mass is 360 g/mol. The summed E-state index contributed by atoms with van der Waals surface area (Å²) in [6.07, 6.45) is 13.1. The normalized spacial score (nSPS) is 51.8. The number of aliphatic hydroxyl groups excluding tert-OH is 1. The molecule has 0 aromatic carbocycles. The van der Waals surface area contributed by atoms with Gasteiger partial charge >= 0.3 is 0 Å². The van der Waals surface area contributed by atoms with Crippen LogP contribution in [0.15, 0.2) is 11.6 Å². The molecule has 0 aromatic rings. The van der Waals surface area contributed by atoms with Crippen molar-refractivity contribution < 1.29 is 10.2 Å². The molecule has 0 bridgehead atoms. The molecule has 2 nitrogen and oxygen atoms in total. The third-order valence-corrected chi connectivity index (χ3v) is 9.96. The largest absolute Gasteiger partial charge is 0.396 e. The number of hydrogen-bond acceptors (Lipinski definition) is 2. The maximum absolute atomic E-state index is 10.9. The molecular formula is C24H40O2. The number of fused-ring (bicyclic) bond motifs is 5. The minimum Gasteiger partial charge on any atom is -0.396 e. The molecule has 148 valence electrons. The van der Waals surface area contributed by atoms with Crippen molar-refractivity contribution in [2.45, 2.75) is 91.1 Å². The third kappa shape index (κ3) is 2.58. The lowest BCUT2D eigenvalue weighted by atomic mass is 9.46. The van der Waals surface area contributed by atoms with Crippen molar-refractivity contribution in [3.05, 3.63) is 11.6 Å². The Hall–Kier alpha value is -0.340. The zero-order valence-corrected chi connectivity index (χ0v) is 17.4. The number of hydrogen-bond donors (Lipinski definition) is 2. The highest BCUT2D eigenvalue weighted by molar-refractivity contribution is 5.27. The van der Waals surface area contributed by atoms with Crippen molar-refractivity contribution in [1.29, 1.82) is 0 Å². The van der Waals surface area contributed by atoms with Crippen LogP contribution < -0.4 is 0 Å². The first-order valence-electron chi connectivity index (χ1n) is 11.3. The van der Waals surface area contributed by atoms with Gasteiger partial charge in [0.1, 0.15) is 0 Å². The van der Waals surface area contributed by atoms with E-state index >= 15 is 0 Å². The summed E-state index contributed by atoms with van der Waals surface area (Å²) in [6, 6.07) is 0. The minimum absolute atomic E-state index is 0.326. The SMILES string of the molecule is CC[C@]1(O)CC[C@@]2(C)C(=CC[C@@H]3[C@@H]2CC[C@]2(C)C([C@H](C)CO)CC[C@@H]32)C1. The molecule has 1 unspecified atom stereocenters. The summed E-state index contributed by atoms with van der Waals surface area (Å²) >= 11 is 0. The van der Waals surface area contributed by atoms with Crippen LogP contribution in [0.3, 0.4) is 0 Å². The maximum Gasteiger partial charge on any atom is 0.0682 e. The number of allylic oxidation sites excluding steroid dienone is 1. The van der Waals surface area contributed by atoms with E-state index in [1.54, 1.807) is 5.57 Å². The van der Waals surface area contributed by atoms with E-state index in [1.807, 2.05) is 0 Å². The van der Waals surface area contributed by atoms with Gasteiger partial charge < -0.3 is 10.2 Å². The van der Waals surface area contributed by atoms with Crippen molar-refractivity contribution in [3.63, 3.8) is 0 Å². The summed E-state index contributed by atoms with van der Waals surface area (Å²) in [5, 5.41) is 20.6. The van der Waals surface area contributed by atoms with Crippen LogP contribution in [0.25, 0.3) is 0 Å². The second-order valence-electron chi connectivity index (χ2n) is 10.9. The summed E-state index contributed by atoms with van der Waals surface area (Å²) in [4.78, 5) is 0. The van der Waals surface area contributed by atoms with Crippen LogP contribution in [-0.4, -0.2) is 22.4 Å². The van der Waals surface area contributed by atoms with Gasteiger partial charge in [0.25, 0.3) is 0 Å². The quantitative estimate of drug-likeness (QED) is 0.667. The molecule has 0 radical (unpaired) electrons. The molecule has 4 rings (SSSR count). The zero-order valence-electron chi connectivity index (χ0n) is 17.4. The van der Waals surface area contributed by atoms with Crippen molar-refractivity contribution in [2.75, 3.05) is 6.61 Å². The average Bonchev–Trinajstić information content (AvgIpc) is 2.99. The topological polar surface area (TPSA) is 40.5 Å². The Bertz CT molecular complexity index is 583. The van der Waals surface area contributed by atoms with Crippen LogP contribution in [0, 0.1) is 40.4 Å². The Morgan fingerprint density at radius 2 is 1.88 bits per heavy atom. The van der Waals surface area contributed by atoms with Gasteiger partial charge in [-0.3, -0.25) is 0 Å².